The van der Waals surface area contributed by atoms with Crippen LogP contribution in [0.1, 0.15) is 12.8 Å². The Morgan fingerprint density at radius 2 is 2.14 bits per heavy atom. The number of nitrogens with one attached hydrogen (secondary N) is 1. The third-order valence-electron chi connectivity index (χ3n) is 3.72. The second-order valence-corrected chi connectivity index (χ2v) is 5.56. The molecule has 1 aromatic rings. The molecule has 1 aromatic heterocycles. The molecule has 118 valence electrons. The van der Waals surface area contributed by atoms with E-state index in [1.54, 1.807) is 20.4 Å². The summed E-state index contributed by atoms with van der Waals surface area (Å²) in [5, 5.41) is 4.00. The molecule has 0 aromatic carbocycles. The summed E-state index contributed by atoms with van der Waals surface area (Å²) in [6.07, 6.45) is 3.85. The van der Waals surface area contributed by atoms with Gasteiger partial charge in [-0.15, -0.1) is 0 Å². The summed E-state index contributed by atoms with van der Waals surface area (Å²) in [4.78, 5) is 10.6. The molecule has 0 unspecified atom stereocenters. The lowest BCUT2D eigenvalue weighted by Crippen LogP contribution is -2.38. The number of hydrogen-bond donors (Lipinski definition) is 1. The smallest absolute Gasteiger partial charge is 0.318 e. The Morgan fingerprint density at radius 1 is 1.38 bits per heavy atom. The lowest BCUT2D eigenvalue weighted by Gasteiger charge is -2.33. The molecule has 1 aliphatic heterocycles. The molecule has 2 rings (SSSR count). The van der Waals surface area contributed by atoms with Crippen molar-refractivity contribution >= 4 is 17.4 Å². The molecule has 1 fully saturated rings. The fourth-order valence-corrected chi connectivity index (χ4v) is 2.70. The minimum absolute atomic E-state index is 0.359. The molecule has 6 nitrogen and oxygen atoms in total. The van der Waals surface area contributed by atoms with Crippen LogP contribution < -0.4 is 15.0 Å². The van der Waals surface area contributed by atoms with E-state index < -0.39 is 0 Å². The molecule has 1 N–H and O–H groups in total. The fourth-order valence-electron chi connectivity index (χ4n) is 2.49. The number of hydrogen-bond acceptors (Lipinski definition) is 6. The van der Waals surface area contributed by atoms with Crippen LogP contribution in [0.4, 0.5) is 5.82 Å². The summed E-state index contributed by atoms with van der Waals surface area (Å²) >= 11 is 6.19. The van der Waals surface area contributed by atoms with E-state index in [0.29, 0.717) is 17.0 Å². The first kappa shape index (κ1) is 16.3. The normalized spacial score (nSPS) is 16.2. The van der Waals surface area contributed by atoms with Gasteiger partial charge in [-0.3, -0.25) is 0 Å². The highest BCUT2D eigenvalue weighted by Crippen LogP contribution is 2.28. The van der Waals surface area contributed by atoms with Crippen molar-refractivity contribution < 1.29 is 9.47 Å². The molecule has 1 aliphatic rings. The highest BCUT2D eigenvalue weighted by atomic mass is 35.5. The van der Waals surface area contributed by atoms with Crippen molar-refractivity contribution in [2.75, 3.05) is 51.9 Å². The average Bonchev–Trinajstić information content (AvgIpc) is 2.53. The van der Waals surface area contributed by atoms with E-state index in [1.807, 2.05) is 0 Å². The molecule has 0 aliphatic carbocycles. The zero-order valence-corrected chi connectivity index (χ0v) is 13.4. The summed E-state index contributed by atoms with van der Waals surface area (Å²) in [5.74, 6) is 1.47. The highest BCUT2D eigenvalue weighted by Gasteiger charge is 2.22. The predicted molar refractivity (Wildman–Crippen MR) is 83.3 cm³/mol. The summed E-state index contributed by atoms with van der Waals surface area (Å²) < 4.78 is 10.1. The van der Waals surface area contributed by atoms with Crippen LogP contribution in [0.25, 0.3) is 0 Å². The Labute approximate surface area is 130 Å². The molecule has 2 heterocycles. The standard InChI is InChI=1S/C14H23ClN4O2/c1-20-8-5-16-9-11-3-6-19(7-4-11)13-12(15)10-17-14(18-13)21-2/h10-11,16H,3-9H2,1-2H3. The van der Waals surface area contributed by atoms with Crippen molar-refractivity contribution in [1.29, 1.82) is 0 Å². The number of anilines is 1. The Kier molecular flexibility index (Phi) is 6.48. The van der Waals surface area contributed by atoms with Crippen LogP contribution in [-0.2, 0) is 4.74 Å². The maximum Gasteiger partial charge on any atom is 0.318 e. The monoisotopic (exact) mass is 314 g/mol. The van der Waals surface area contributed by atoms with Gasteiger partial charge in [-0.05, 0) is 25.3 Å². The summed E-state index contributed by atoms with van der Waals surface area (Å²) in [5.41, 5.74) is 0. The minimum atomic E-state index is 0.359. The van der Waals surface area contributed by atoms with Gasteiger partial charge in [-0.25, -0.2) is 4.98 Å². The number of rotatable bonds is 7. The van der Waals surface area contributed by atoms with Gasteiger partial charge >= 0.3 is 6.01 Å². The zero-order chi connectivity index (χ0) is 15.1. The Bertz CT molecular complexity index is 439. The number of methoxy groups -OCH3 is 2. The van der Waals surface area contributed by atoms with Crippen molar-refractivity contribution in [3.8, 4) is 6.01 Å². The van der Waals surface area contributed by atoms with E-state index in [1.165, 1.54) is 0 Å². The average molecular weight is 315 g/mol. The van der Waals surface area contributed by atoms with Gasteiger partial charge in [-0.1, -0.05) is 11.6 Å². The van der Waals surface area contributed by atoms with Crippen molar-refractivity contribution in [2.45, 2.75) is 12.8 Å². The molecule has 0 bridgehead atoms. The van der Waals surface area contributed by atoms with E-state index in [9.17, 15) is 0 Å². The molecule has 21 heavy (non-hydrogen) atoms. The van der Waals surface area contributed by atoms with Crippen LogP contribution in [0.3, 0.4) is 0 Å². The van der Waals surface area contributed by atoms with Crippen LogP contribution in [0.15, 0.2) is 6.20 Å². The van der Waals surface area contributed by atoms with Gasteiger partial charge in [0.1, 0.15) is 5.02 Å². The summed E-state index contributed by atoms with van der Waals surface area (Å²) in [7, 11) is 3.28. The molecule has 0 atom stereocenters. The van der Waals surface area contributed by atoms with E-state index >= 15 is 0 Å². The molecule has 0 radical (unpaired) electrons. The molecule has 7 heteroatoms. The van der Waals surface area contributed by atoms with E-state index in [0.717, 1.165) is 51.4 Å². The van der Waals surface area contributed by atoms with Gasteiger partial charge < -0.3 is 19.7 Å². The molecule has 1 saturated heterocycles. The first-order chi connectivity index (χ1) is 10.2. The fraction of sp³-hybridized carbons (Fsp3) is 0.714. The Morgan fingerprint density at radius 3 is 2.81 bits per heavy atom. The largest absolute Gasteiger partial charge is 0.467 e. The molecule has 0 amide bonds. The maximum atomic E-state index is 6.19. The van der Waals surface area contributed by atoms with Gasteiger partial charge in [-0.2, -0.15) is 4.98 Å². The number of piperidine rings is 1. The van der Waals surface area contributed by atoms with Crippen molar-refractivity contribution in [3.05, 3.63) is 11.2 Å². The van der Waals surface area contributed by atoms with Gasteiger partial charge in [0.25, 0.3) is 0 Å². The number of halogens is 1. The summed E-state index contributed by atoms with van der Waals surface area (Å²) in [6.45, 7) is 4.62. The van der Waals surface area contributed by atoms with Crippen LogP contribution in [-0.4, -0.2) is 57.0 Å². The Hall–Kier alpha value is -1.11. The predicted octanol–water partition coefficient (Wildman–Crippen LogP) is 1.59. The van der Waals surface area contributed by atoms with E-state index in [4.69, 9.17) is 21.1 Å². The first-order valence-electron chi connectivity index (χ1n) is 7.25. The van der Waals surface area contributed by atoms with E-state index in [-0.39, 0.29) is 0 Å². The number of aromatic nitrogens is 2. The van der Waals surface area contributed by atoms with Crippen LogP contribution in [0.2, 0.25) is 5.02 Å². The van der Waals surface area contributed by atoms with Gasteiger partial charge in [0, 0.05) is 26.7 Å². The second-order valence-electron chi connectivity index (χ2n) is 5.16. The van der Waals surface area contributed by atoms with Crippen LogP contribution in [0.5, 0.6) is 6.01 Å². The lowest BCUT2D eigenvalue weighted by atomic mass is 9.97. The van der Waals surface area contributed by atoms with Crippen molar-refractivity contribution in [2.24, 2.45) is 5.92 Å². The third-order valence-corrected chi connectivity index (χ3v) is 3.98. The number of ether oxygens (including phenoxy) is 2. The number of nitrogens with zero attached hydrogens (tertiary/aromatic N) is 3. The minimum Gasteiger partial charge on any atom is -0.467 e. The van der Waals surface area contributed by atoms with Crippen LogP contribution in [0, 0.1) is 5.92 Å². The quantitative estimate of drug-likeness (QED) is 0.771. The zero-order valence-electron chi connectivity index (χ0n) is 12.6. The molecular weight excluding hydrogens is 292 g/mol. The van der Waals surface area contributed by atoms with Gasteiger partial charge in [0.05, 0.1) is 19.9 Å². The highest BCUT2D eigenvalue weighted by molar-refractivity contribution is 6.32. The third kappa shape index (κ3) is 4.69. The maximum absolute atomic E-state index is 6.19. The molecule has 0 spiro atoms. The lowest BCUT2D eigenvalue weighted by molar-refractivity contribution is 0.196. The SMILES string of the molecule is COCCNCC1CCN(c2nc(OC)ncc2Cl)CC1. The topological polar surface area (TPSA) is 59.5 Å². The first-order valence-corrected chi connectivity index (χ1v) is 7.63. The van der Waals surface area contributed by atoms with Crippen LogP contribution >= 0.6 is 11.6 Å². The van der Waals surface area contributed by atoms with Gasteiger partial charge in [0.2, 0.25) is 0 Å². The van der Waals surface area contributed by atoms with Crippen molar-refractivity contribution in [1.82, 2.24) is 15.3 Å². The van der Waals surface area contributed by atoms with E-state index in [2.05, 4.69) is 20.2 Å². The van der Waals surface area contributed by atoms with Gasteiger partial charge in [0.15, 0.2) is 5.82 Å². The molecule has 0 saturated carbocycles. The summed E-state index contributed by atoms with van der Waals surface area (Å²) in [6, 6.07) is 0.359. The van der Waals surface area contributed by atoms with Crippen molar-refractivity contribution in [3.63, 3.8) is 0 Å². The Balaban J connectivity index is 1.83. The second kappa shape index (κ2) is 8.36. The molecular formula is C14H23ClN4O2.